The van der Waals surface area contributed by atoms with E-state index in [9.17, 15) is 4.79 Å². The molecule has 2 unspecified atom stereocenters. The number of carbonyl (C=O) groups is 1. The van der Waals surface area contributed by atoms with Crippen LogP contribution in [0.25, 0.3) is 0 Å². The molecule has 2 atom stereocenters. The van der Waals surface area contributed by atoms with Crippen LogP contribution in [0.1, 0.15) is 25.7 Å². The molecule has 1 saturated heterocycles. The molecule has 0 aliphatic carbocycles. The van der Waals surface area contributed by atoms with E-state index in [0.717, 1.165) is 39.0 Å². The van der Waals surface area contributed by atoms with Gasteiger partial charge in [-0.1, -0.05) is 0 Å². The minimum Gasteiger partial charge on any atom is -0.479 e. The minimum atomic E-state index is -0.851. The first-order valence-electron chi connectivity index (χ1n) is 6.89. The summed E-state index contributed by atoms with van der Waals surface area (Å²) in [6, 6.07) is 0. The van der Waals surface area contributed by atoms with E-state index in [4.69, 9.17) is 19.3 Å². The number of ether oxygens (including phenoxy) is 3. The number of rotatable bonds is 11. The van der Waals surface area contributed by atoms with Gasteiger partial charge in [-0.3, -0.25) is 0 Å². The van der Waals surface area contributed by atoms with Crippen LogP contribution in [0.2, 0.25) is 0 Å². The van der Waals surface area contributed by atoms with Gasteiger partial charge in [0.1, 0.15) is 0 Å². The largest absolute Gasteiger partial charge is 0.479 e. The van der Waals surface area contributed by atoms with Gasteiger partial charge in [0.05, 0.1) is 19.3 Å². The molecule has 1 aliphatic rings. The monoisotopic (exact) mass is 275 g/mol. The molecule has 0 aromatic rings. The summed E-state index contributed by atoms with van der Waals surface area (Å²) in [7, 11) is 1.66. The summed E-state index contributed by atoms with van der Waals surface area (Å²) in [6.07, 6.45) is 2.93. The summed E-state index contributed by atoms with van der Waals surface area (Å²) in [5.74, 6) is -0.851. The summed E-state index contributed by atoms with van der Waals surface area (Å²) in [5.41, 5.74) is 0. The Morgan fingerprint density at radius 1 is 1.32 bits per heavy atom. The molecule has 0 amide bonds. The van der Waals surface area contributed by atoms with Crippen molar-refractivity contribution in [2.75, 3.05) is 40.0 Å². The Labute approximate surface area is 114 Å². The Balaban J connectivity index is 1.85. The standard InChI is InChI=1S/C13H25NO5/c1-17-8-9-18-7-3-2-6-14-10-11-4-5-12(19-11)13(15)16/h11-12,14H,2-10H2,1H3,(H,15,16). The summed E-state index contributed by atoms with van der Waals surface area (Å²) in [4.78, 5) is 10.7. The normalized spacial score (nSPS) is 22.8. The quantitative estimate of drug-likeness (QED) is 0.539. The maximum Gasteiger partial charge on any atom is 0.332 e. The van der Waals surface area contributed by atoms with E-state index < -0.39 is 12.1 Å². The molecule has 0 spiro atoms. The Morgan fingerprint density at radius 2 is 2.16 bits per heavy atom. The average Bonchev–Trinajstić information content (AvgIpc) is 2.86. The van der Waals surface area contributed by atoms with E-state index in [1.165, 1.54) is 0 Å². The minimum absolute atomic E-state index is 0.0408. The van der Waals surface area contributed by atoms with E-state index in [2.05, 4.69) is 5.32 Å². The van der Waals surface area contributed by atoms with Gasteiger partial charge in [0, 0.05) is 20.3 Å². The van der Waals surface area contributed by atoms with Crippen molar-refractivity contribution >= 4 is 5.97 Å². The Bertz CT molecular complexity index is 249. The highest BCUT2D eigenvalue weighted by molar-refractivity contribution is 5.72. The van der Waals surface area contributed by atoms with Crippen LogP contribution in [0.15, 0.2) is 0 Å². The molecule has 19 heavy (non-hydrogen) atoms. The number of carboxylic acid groups (broad SMARTS) is 1. The first-order chi connectivity index (χ1) is 9.24. The van der Waals surface area contributed by atoms with Crippen molar-refractivity contribution < 1.29 is 24.1 Å². The molecule has 0 aromatic heterocycles. The maximum atomic E-state index is 10.7. The number of aliphatic carboxylic acids is 1. The second-order valence-corrected chi connectivity index (χ2v) is 4.68. The number of hydrogen-bond donors (Lipinski definition) is 2. The number of carboxylic acids is 1. The third-order valence-electron chi connectivity index (χ3n) is 3.08. The SMILES string of the molecule is COCCOCCCCNCC1CCC(C(=O)O)O1. The summed E-state index contributed by atoms with van der Waals surface area (Å²) < 4.78 is 15.6. The zero-order valence-electron chi connectivity index (χ0n) is 11.6. The van der Waals surface area contributed by atoms with Crippen molar-refractivity contribution in [2.45, 2.75) is 37.9 Å². The molecule has 0 bridgehead atoms. The van der Waals surface area contributed by atoms with Crippen LogP contribution in [0.3, 0.4) is 0 Å². The molecular formula is C13H25NO5. The lowest BCUT2D eigenvalue weighted by Crippen LogP contribution is -2.29. The second-order valence-electron chi connectivity index (χ2n) is 4.68. The van der Waals surface area contributed by atoms with Crippen molar-refractivity contribution in [2.24, 2.45) is 0 Å². The third-order valence-corrected chi connectivity index (χ3v) is 3.08. The van der Waals surface area contributed by atoms with Crippen LogP contribution in [-0.4, -0.2) is 63.3 Å². The first-order valence-corrected chi connectivity index (χ1v) is 6.89. The van der Waals surface area contributed by atoms with E-state index in [1.807, 2.05) is 0 Å². The van der Waals surface area contributed by atoms with Gasteiger partial charge in [-0.15, -0.1) is 0 Å². The van der Waals surface area contributed by atoms with Crippen LogP contribution >= 0.6 is 0 Å². The van der Waals surface area contributed by atoms with Crippen molar-refractivity contribution in [3.05, 3.63) is 0 Å². The van der Waals surface area contributed by atoms with Crippen molar-refractivity contribution in [3.63, 3.8) is 0 Å². The Kier molecular flexibility index (Phi) is 8.73. The number of hydrogen-bond acceptors (Lipinski definition) is 5. The molecule has 0 aromatic carbocycles. The zero-order valence-corrected chi connectivity index (χ0v) is 11.6. The number of methoxy groups -OCH3 is 1. The lowest BCUT2D eigenvalue weighted by molar-refractivity contribution is -0.149. The fraction of sp³-hybridized carbons (Fsp3) is 0.923. The predicted octanol–water partition coefficient (Wildman–Crippen LogP) is 0.651. The molecule has 112 valence electrons. The zero-order chi connectivity index (χ0) is 13.9. The van der Waals surface area contributed by atoms with Crippen LogP contribution in [0.4, 0.5) is 0 Å². The van der Waals surface area contributed by atoms with Gasteiger partial charge in [-0.25, -0.2) is 4.79 Å². The molecule has 0 radical (unpaired) electrons. The third kappa shape index (κ3) is 7.47. The number of nitrogens with one attached hydrogen (secondary N) is 1. The topological polar surface area (TPSA) is 77.0 Å². The van der Waals surface area contributed by atoms with Gasteiger partial charge in [-0.2, -0.15) is 0 Å². The first kappa shape index (κ1) is 16.4. The Morgan fingerprint density at radius 3 is 2.84 bits per heavy atom. The van der Waals surface area contributed by atoms with E-state index in [0.29, 0.717) is 19.6 Å². The predicted molar refractivity (Wildman–Crippen MR) is 70.3 cm³/mol. The summed E-state index contributed by atoms with van der Waals surface area (Å²) in [5, 5.41) is 12.1. The molecule has 1 heterocycles. The van der Waals surface area contributed by atoms with E-state index >= 15 is 0 Å². The maximum absolute atomic E-state index is 10.7. The summed E-state index contributed by atoms with van der Waals surface area (Å²) >= 11 is 0. The van der Waals surface area contributed by atoms with Gasteiger partial charge >= 0.3 is 5.97 Å². The fourth-order valence-electron chi connectivity index (χ4n) is 2.00. The molecule has 0 saturated carbocycles. The Hall–Kier alpha value is -0.690. The van der Waals surface area contributed by atoms with Gasteiger partial charge < -0.3 is 24.6 Å². The van der Waals surface area contributed by atoms with Crippen molar-refractivity contribution in [1.29, 1.82) is 0 Å². The van der Waals surface area contributed by atoms with Crippen LogP contribution in [0.5, 0.6) is 0 Å². The highest BCUT2D eigenvalue weighted by atomic mass is 16.5. The van der Waals surface area contributed by atoms with Crippen molar-refractivity contribution in [1.82, 2.24) is 5.32 Å². The highest BCUT2D eigenvalue weighted by Crippen LogP contribution is 2.19. The van der Waals surface area contributed by atoms with Crippen LogP contribution < -0.4 is 5.32 Å². The fourth-order valence-corrected chi connectivity index (χ4v) is 2.00. The van der Waals surface area contributed by atoms with Gasteiger partial charge in [0.2, 0.25) is 0 Å². The molecule has 1 aliphatic heterocycles. The lowest BCUT2D eigenvalue weighted by atomic mass is 10.2. The smallest absolute Gasteiger partial charge is 0.332 e. The molecule has 6 heteroatoms. The van der Waals surface area contributed by atoms with E-state index in [-0.39, 0.29) is 6.10 Å². The lowest BCUT2D eigenvalue weighted by Gasteiger charge is -2.12. The van der Waals surface area contributed by atoms with Crippen LogP contribution in [0, 0.1) is 0 Å². The highest BCUT2D eigenvalue weighted by Gasteiger charge is 2.29. The molecule has 6 nitrogen and oxygen atoms in total. The van der Waals surface area contributed by atoms with Gasteiger partial charge in [-0.05, 0) is 32.2 Å². The molecular weight excluding hydrogens is 250 g/mol. The second kappa shape index (κ2) is 10.1. The van der Waals surface area contributed by atoms with Crippen LogP contribution in [-0.2, 0) is 19.0 Å². The molecule has 1 fully saturated rings. The molecule has 2 N–H and O–H groups in total. The van der Waals surface area contributed by atoms with E-state index in [1.54, 1.807) is 7.11 Å². The molecule has 1 rings (SSSR count). The summed E-state index contributed by atoms with van der Waals surface area (Å²) in [6.45, 7) is 3.68. The van der Waals surface area contributed by atoms with Gasteiger partial charge in [0.25, 0.3) is 0 Å². The number of unbranched alkanes of at least 4 members (excludes halogenated alkanes) is 1. The average molecular weight is 275 g/mol. The van der Waals surface area contributed by atoms with Crippen molar-refractivity contribution in [3.8, 4) is 0 Å². The van der Waals surface area contributed by atoms with Gasteiger partial charge in [0.15, 0.2) is 6.10 Å².